The average molecular weight is 258 g/mol. The van der Waals surface area contributed by atoms with E-state index in [4.69, 9.17) is 11.1 Å². The lowest BCUT2D eigenvalue weighted by atomic mass is 9.87. The van der Waals surface area contributed by atoms with E-state index in [1.807, 2.05) is 0 Å². The molecule has 0 amide bonds. The van der Waals surface area contributed by atoms with Gasteiger partial charge in [0.25, 0.3) is 0 Å². The van der Waals surface area contributed by atoms with Crippen molar-refractivity contribution in [3.8, 4) is 0 Å². The minimum absolute atomic E-state index is 0.0172. The molecule has 0 atom stereocenters. The van der Waals surface area contributed by atoms with Crippen LogP contribution < -0.4 is 5.73 Å². The van der Waals surface area contributed by atoms with E-state index in [1.54, 1.807) is 27.7 Å². The van der Waals surface area contributed by atoms with Crippen LogP contribution in [0.15, 0.2) is 0 Å². The van der Waals surface area contributed by atoms with Crippen molar-refractivity contribution < 1.29 is 13.2 Å². The Morgan fingerprint density at radius 3 is 1.44 bits per heavy atom. The second-order valence-corrected chi connectivity index (χ2v) is 4.87. The van der Waals surface area contributed by atoms with Gasteiger partial charge in [-0.2, -0.15) is 0 Å². The third-order valence-corrected chi connectivity index (χ3v) is 2.82. The van der Waals surface area contributed by atoms with Crippen LogP contribution in [0, 0.1) is 22.9 Å². The third-order valence-electron chi connectivity index (χ3n) is 2.82. The van der Waals surface area contributed by atoms with Gasteiger partial charge in [0.1, 0.15) is 5.84 Å². The first-order valence-corrected chi connectivity index (χ1v) is 5.74. The van der Waals surface area contributed by atoms with Gasteiger partial charge in [0.05, 0.1) is 0 Å². The standard InChI is InChI=1S/C13H17F3N2/c1-5(2)7-9(13(17)18)8(6(3)4)11(15)12(16)10(7)14/h5-6H,1-4H3,(H3,17,18). The van der Waals surface area contributed by atoms with Crippen LogP contribution in [0.2, 0.25) is 0 Å². The van der Waals surface area contributed by atoms with Crippen LogP contribution in [0.1, 0.15) is 56.2 Å². The SMILES string of the molecule is CC(C)c1c(F)c(F)c(F)c(C(C)C)c1C(=N)N. The minimum atomic E-state index is -1.49. The molecule has 2 nitrogen and oxygen atoms in total. The molecule has 1 aromatic carbocycles. The largest absolute Gasteiger partial charge is 0.384 e. The molecule has 3 N–H and O–H groups in total. The fourth-order valence-electron chi connectivity index (χ4n) is 2.07. The van der Waals surface area contributed by atoms with Crippen molar-refractivity contribution in [3.63, 3.8) is 0 Å². The zero-order valence-corrected chi connectivity index (χ0v) is 10.9. The summed E-state index contributed by atoms with van der Waals surface area (Å²) in [4.78, 5) is 0. The molecular weight excluding hydrogens is 241 g/mol. The van der Waals surface area contributed by atoms with Gasteiger partial charge in [0.2, 0.25) is 0 Å². The van der Waals surface area contributed by atoms with Gasteiger partial charge in [-0.3, -0.25) is 5.41 Å². The van der Waals surface area contributed by atoms with Crippen molar-refractivity contribution in [3.05, 3.63) is 34.1 Å². The monoisotopic (exact) mass is 258 g/mol. The summed E-state index contributed by atoms with van der Waals surface area (Å²) < 4.78 is 41.2. The summed E-state index contributed by atoms with van der Waals surface area (Å²) in [6, 6.07) is 0. The Bertz CT molecular complexity index is 458. The van der Waals surface area contributed by atoms with Crippen LogP contribution in [-0.4, -0.2) is 5.84 Å². The number of nitrogens with one attached hydrogen (secondary N) is 1. The first-order chi connectivity index (χ1) is 8.20. The number of amidine groups is 1. The van der Waals surface area contributed by atoms with Crippen molar-refractivity contribution in [2.24, 2.45) is 5.73 Å². The molecule has 0 aliphatic carbocycles. The van der Waals surface area contributed by atoms with E-state index in [0.29, 0.717) is 0 Å². The number of rotatable bonds is 3. The number of halogens is 3. The fourth-order valence-corrected chi connectivity index (χ4v) is 2.07. The number of hydrogen-bond acceptors (Lipinski definition) is 1. The Morgan fingerprint density at radius 2 is 1.22 bits per heavy atom. The number of nitrogens with two attached hydrogens (primary N) is 1. The Labute approximate surface area is 105 Å². The molecule has 0 heterocycles. The highest BCUT2D eigenvalue weighted by atomic mass is 19.2. The molecular formula is C13H17F3N2. The highest BCUT2D eigenvalue weighted by Crippen LogP contribution is 2.34. The van der Waals surface area contributed by atoms with Crippen molar-refractivity contribution in [2.75, 3.05) is 0 Å². The van der Waals surface area contributed by atoms with Crippen LogP contribution in [0.4, 0.5) is 13.2 Å². The molecule has 1 aromatic rings. The maximum absolute atomic E-state index is 13.8. The van der Waals surface area contributed by atoms with Gasteiger partial charge < -0.3 is 5.73 Å². The molecule has 0 spiro atoms. The van der Waals surface area contributed by atoms with Crippen molar-refractivity contribution in [2.45, 2.75) is 39.5 Å². The van der Waals surface area contributed by atoms with E-state index < -0.39 is 35.1 Å². The van der Waals surface area contributed by atoms with Gasteiger partial charge in [-0.05, 0) is 11.8 Å². The van der Waals surface area contributed by atoms with Crippen molar-refractivity contribution in [1.29, 1.82) is 5.41 Å². The number of nitrogen functional groups attached to an aromatic ring is 1. The fraction of sp³-hybridized carbons (Fsp3) is 0.462. The van der Waals surface area contributed by atoms with Crippen LogP contribution >= 0.6 is 0 Å². The lowest BCUT2D eigenvalue weighted by Crippen LogP contribution is -2.22. The second-order valence-electron chi connectivity index (χ2n) is 4.87. The third kappa shape index (κ3) is 2.21. The summed E-state index contributed by atoms with van der Waals surface area (Å²) in [6.07, 6.45) is 0. The summed E-state index contributed by atoms with van der Waals surface area (Å²) >= 11 is 0. The van der Waals surface area contributed by atoms with Gasteiger partial charge in [0, 0.05) is 16.7 Å². The smallest absolute Gasteiger partial charge is 0.195 e. The second kappa shape index (κ2) is 5.00. The molecule has 0 radical (unpaired) electrons. The van der Waals surface area contributed by atoms with Gasteiger partial charge >= 0.3 is 0 Å². The maximum atomic E-state index is 13.8. The van der Waals surface area contributed by atoms with Crippen molar-refractivity contribution in [1.82, 2.24) is 0 Å². The zero-order valence-electron chi connectivity index (χ0n) is 10.9. The summed E-state index contributed by atoms with van der Waals surface area (Å²) in [5.41, 5.74) is 5.32. The average Bonchev–Trinajstić information content (AvgIpc) is 2.23. The quantitative estimate of drug-likeness (QED) is 0.485. The molecule has 0 fully saturated rings. The van der Waals surface area contributed by atoms with Crippen LogP contribution in [0.3, 0.4) is 0 Å². The van der Waals surface area contributed by atoms with E-state index in [2.05, 4.69) is 0 Å². The molecule has 0 unspecified atom stereocenters. The number of hydrogen-bond donors (Lipinski definition) is 2. The lowest BCUT2D eigenvalue weighted by Gasteiger charge is -2.20. The normalized spacial score (nSPS) is 11.4. The Hall–Kier alpha value is -1.52. The van der Waals surface area contributed by atoms with Crippen LogP contribution in [-0.2, 0) is 0 Å². The Kier molecular flexibility index (Phi) is 4.04. The molecule has 0 bridgehead atoms. The van der Waals surface area contributed by atoms with Gasteiger partial charge in [-0.15, -0.1) is 0 Å². The van der Waals surface area contributed by atoms with Gasteiger partial charge in [-0.25, -0.2) is 13.2 Å². The molecule has 18 heavy (non-hydrogen) atoms. The first kappa shape index (κ1) is 14.5. The maximum Gasteiger partial charge on any atom is 0.195 e. The first-order valence-electron chi connectivity index (χ1n) is 5.74. The van der Waals surface area contributed by atoms with Gasteiger partial charge in [0.15, 0.2) is 17.5 Å². The van der Waals surface area contributed by atoms with Crippen LogP contribution in [0.25, 0.3) is 0 Å². The number of benzene rings is 1. The lowest BCUT2D eigenvalue weighted by molar-refractivity contribution is 0.429. The Morgan fingerprint density at radius 1 is 0.889 bits per heavy atom. The summed E-state index contributed by atoms with van der Waals surface area (Å²) in [6.45, 7) is 6.58. The molecule has 1 rings (SSSR count). The Balaban J connectivity index is 3.87. The molecule has 0 aliphatic rings. The van der Waals surface area contributed by atoms with E-state index in [9.17, 15) is 13.2 Å². The van der Waals surface area contributed by atoms with E-state index >= 15 is 0 Å². The molecule has 100 valence electrons. The molecule has 0 saturated carbocycles. The van der Waals surface area contributed by atoms with Gasteiger partial charge in [-0.1, -0.05) is 27.7 Å². The predicted octanol–water partition coefficient (Wildman–Crippen LogP) is 3.63. The molecule has 0 aromatic heterocycles. The van der Waals surface area contributed by atoms with E-state index in [0.717, 1.165) is 0 Å². The summed E-state index contributed by atoms with van der Waals surface area (Å²) in [5, 5.41) is 7.49. The zero-order chi connectivity index (χ0) is 14.2. The highest BCUT2D eigenvalue weighted by Gasteiger charge is 2.28. The minimum Gasteiger partial charge on any atom is -0.384 e. The molecule has 0 aliphatic heterocycles. The predicted molar refractivity (Wildman–Crippen MR) is 65.5 cm³/mol. The van der Waals surface area contributed by atoms with Crippen molar-refractivity contribution >= 4 is 5.84 Å². The van der Waals surface area contributed by atoms with E-state index in [1.165, 1.54) is 0 Å². The molecule has 5 heteroatoms. The topological polar surface area (TPSA) is 49.9 Å². The van der Waals surface area contributed by atoms with Crippen LogP contribution in [0.5, 0.6) is 0 Å². The molecule has 0 saturated heterocycles. The summed E-state index contributed by atoms with van der Waals surface area (Å²) in [5.74, 6) is -5.23. The summed E-state index contributed by atoms with van der Waals surface area (Å²) in [7, 11) is 0. The van der Waals surface area contributed by atoms with E-state index in [-0.39, 0.29) is 16.7 Å². The highest BCUT2D eigenvalue weighted by molar-refractivity contribution is 5.98.